The lowest BCUT2D eigenvalue weighted by molar-refractivity contribution is 0.0971. The molecule has 1 amide bonds. The standard InChI is InChI=1S/C21H13ClN2O4S/c1-27-13-5-2-11(3-6-13)17-16-18(25)14-10-12(22)4-7-15(14)28-19(16)20(26)24(17)21-23-8-9-29-21/h2-10,17H,1H3/t17-/m1/s1. The van der Waals surface area contributed by atoms with Crippen molar-refractivity contribution in [3.8, 4) is 5.75 Å². The smallest absolute Gasteiger partial charge is 0.297 e. The van der Waals surface area contributed by atoms with E-state index < -0.39 is 11.9 Å². The Morgan fingerprint density at radius 3 is 2.66 bits per heavy atom. The number of benzene rings is 2. The third kappa shape index (κ3) is 2.73. The third-order valence-corrected chi connectivity index (χ3v) is 5.89. The lowest BCUT2D eigenvalue weighted by atomic mass is 9.98. The van der Waals surface area contributed by atoms with Crippen LogP contribution in [0.15, 0.2) is 63.3 Å². The number of ether oxygens (including phenoxy) is 1. The lowest BCUT2D eigenvalue weighted by Gasteiger charge is -2.22. The van der Waals surface area contributed by atoms with E-state index in [1.807, 2.05) is 12.1 Å². The van der Waals surface area contributed by atoms with Gasteiger partial charge in [-0.3, -0.25) is 14.5 Å². The predicted molar refractivity (Wildman–Crippen MR) is 111 cm³/mol. The van der Waals surface area contributed by atoms with Gasteiger partial charge in [-0.05, 0) is 35.9 Å². The van der Waals surface area contributed by atoms with Crippen molar-refractivity contribution < 1.29 is 13.9 Å². The molecule has 1 aliphatic heterocycles. The SMILES string of the molecule is COc1ccc([C@@H]2c3c(oc4ccc(Cl)cc4c3=O)C(=O)N2c2nccs2)cc1. The fourth-order valence-electron chi connectivity index (χ4n) is 3.58. The number of nitrogens with zero attached hydrogens (tertiary/aromatic N) is 2. The summed E-state index contributed by atoms with van der Waals surface area (Å²) in [5.41, 5.74) is 1.07. The Labute approximate surface area is 173 Å². The molecule has 0 aliphatic carbocycles. The van der Waals surface area contributed by atoms with Gasteiger partial charge in [0.1, 0.15) is 11.3 Å². The van der Waals surface area contributed by atoms with Crippen LogP contribution >= 0.6 is 22.9 Å². The van der Waals surface area contributed by atoms with Gasteiger partial charge in [0.05, 0.1) is 24.1 Å². The summed E-state index contributed by atoms with van der Waals surface area (Å²) in [7, 11) is 1.58. The molecule has 3 heterocycles. The maximum absolute atomic E-state index is 13.4. The molecule has 2 aromatic carbocycles. The molecule has 6 nitrogen and oxygen atoms in total. The molecule has 0 N–H and O–H groups in total. The van der Waals surface area contributed by atoms with E-state index in [9.17, 15) is 9.59 Å². The first kappa shape index (κ1) is 17.9. The van der Waals surface area contributed by atoms with Crippen LogP contribution in [0.4, 0.5) is 5.13 Å². The number of carbonyl (C=O) groups is 1. The van der Waals surface area contributed by atoms with E-state index in [0.717, 1.165) is 5.56 Å². The molecule has 5 rings (SSSR count). The molecule has 0 radical (unpaired) electrons. The van der Waals surface area contributed by atoms with Crippen molar-refractivity contribution in [2.24, 2.45) is 0 Å². The van der Waals surface area contributed by atoms with Crippen LogP contribution in [0.5, 0.6) is 5.75 Å². The van der Waals surface area contributed by atoms with Gasteiger partial charge in [0, 0.05) is 16.6 Å². The molecule has 29 heavy (non-hydrogen) atoms. The number of aromatic nitrogens is 1. The molecule has 4 aromatic rings. The minimum absolute atomic E-state index is 0.0286. The van der Waals surface area contributed by atoms with Crippen LogP contribution in [-0.4, -0.2) is 18.0 Å². The van der Waals surface area contributed by atoms with E-state index in [-0.39, 0.29) is 16.8 Å². The molecule has 0 spiro atoms. The van der Waals surface area contributed by atoms with Crippen molar-refractivity contribution in [1.29, 1.82) is 0 Å². The van der Waals surface area contributed by atoms with Gasteiger partial charge in [-0.2, -0.15) is 0 Å². The summed E-state index contributed by atoms with van der Waals surface area (Å²) >= 11 is 7.40. The molecule has 0 saturated heterocycles. The second-order valence-electron chi connectivity index (χ2n) is 6.48. The zero-order valence-corrected chi connectivity index (χ0v) is 16.7. The van der Waals surface area contributed by atoms with Gasteiger partial charge in [-0.15, -0.1) is 11.3 Å². The first-order valence-corrected chi connectivity index (χ1v) is 9.97. The number of hydrogen-bond acceptors (Lipinski definition) is 6. The van der Waals surface area contributed by atoms with Gasteiger partial charge < -0.3 is 9.15 Å². The molecular weight excluding hydrogens is 412 g/mol. The van der Waals surface area contributed by atoms with Crippen molar-refractivity contribution in [3.05, 3.63) is 86.2 Å². The maximum atomic E-state index is 13.4. The van der Waals surface area contributed by atoms with Crippen LogP contribution in [0.1, 0.15) is 27.7 Å². The maximum Gasteiger partial charge on any atom is 0.297 e. The quantitative estimate of drug-likeness (QED) is 0.478. The highest BCUT2D eigenvalue weighted by atomic mass is 35.5. The molecule has 0 bridgehead atoms. The molecule has 8 heteroatoms. The van der Waals surface area contributed by atoms with E-state index >= 15 is 0 Å². The van der Waals surface area contributed by atoms with Crippen LogP contribution in [0, 0.1) is 0 Å². The van der Waals surface area contributed by atoms with Gasteiger partial charge in [0.25, 0.3) is 5.91 Å². The molecule has 1 aliphatic rings. The average molecular weight is 425 g/mol. The summed E-state index contributed by atoms with van der Waals surface area (Å²) in [5, 5.41) is 3.03. The first-order valence-electron chi connectivity index (χ1n) is 8.71. The van der Waals surface area contributed by atoms with E-state index in [1.165, 1.54) is 16.2 Å². The summed E-state index contributed by atoms with van der Waals surface area (Å²) in [6, 6.07) is 11.4. The second kappa shape index (κ2) is 6.72. The minimum atomic E-state index is -0.658. The Hall–Kier alpha value is -3.16. The summed E-state index contributed by atoms with van der Waals surface area (Å²) in [6.07, 6.45) is 1.62. The summed E-state index contributed by atoms with van der Waals surface area (Å²) in [5.74, 6) is 0.307. The summed E-state index contributed by atoms with van der Waals surface area (Å²) in [4.78, 5) is 32.5. The Morgan fingerprint density at radius 1 is 1.17 bits per heavy atom. The largest absolute Gasteiger partial charge is 0.497 e. The van der Waals surface area contributed by atoms with Crippen LogP contribution in [0.3, 0.4) is 0 Å². The molecular formula is C21H13ClN2O4S. The molecule has 0 fully saturated rings. The van der Waals surface area contributed by atoms with E-state index in [0.29, 0.717) is 26.9 Å². The Morgan fingerprint density at radius 2 is 1.97 bits per heavy atom. The number of hydrogen-bond donors (Lipinski definition) is 0. The molecule has 2 aromatic heterocycles. The highest BCUT2D eigenvalue weighted by Crippen LogP contribution is 2.42. The number of carbonyl (C=O) groups excluding carboxylic acids is 1. The van der Waals surface area contributed by atoms with Crippen LogP contribution in [-0.2, 0) is 0 Å². The summed E-state index contributed by atoms with van der Waals surface area (Å²) in [6.45, 7) is 0. The van der Waals surface area contributed by atoms with Gasteiger partial charge >= 0.3 is 0 Å². The van der Waals surface area contributed by atoms with Gasteiger partial charge in [-0.1, -0.05) is 23.7 Å². The number of rotatable bonds is 3. The van der Waals surface area contributed by atoms with Crippen LogP contribution < -0.4 is 15.1 Å². The predicted octanol–water partition coefficient (Wildman–Crippen LogP) is 4.66. The van der Waals surface area contributed by atoms with Crippen molar-refractivity contribution >= 4 is 44.9 Å². The van der Waals surface area contributed by atoms with Crippen molar-refractivity contribution in [2.75, 3.05) is 12.0 Å². The molecule has 0 saturated carbocycles. The Bertz CT molecular complexity index is 1300. The second-order valence-corrected chi connectivity index (χ2v) is 7.79. The lowest BCUT2D eigenvalue weighted by Crippen LogP contribution is -2.29. The number of halogens is 1. The van der Waals surface area contributed by atoms with E-state index in [1.54, 1.807) is 49.0 Å². The Kier molecular flexibility index (Phi) is 4.15. The van der Waals surface area contributed by atoms with E-state index in [2.05, 4.69) is 4.98 Å². The fourth-order valence-corrected chi connectivity index (χ4v) is 4.42. The zero-order valence-electron chi connectivity index (χ0n) is 15.1. The Balaban J connectivity index is 1.80. The van der Waals surface area contributed by atoms with Crippen LogP contribution in [0.25, 0.3) is 11.0 Å². The molecule has 144 valence electrons. The molecule has 0 unspecified atom stereocenters. The monoisotopic (exact) mass is 424 g/mol. The van der Waals surface area contributed by atoms with E-state index in [4.69, 9.17) is 20.8 Å². The van der Waals surface area contributed by atoms with Crippen molar-refractivity contribution in [3.63, 3.8) is 0 Å². The molecule has 1 atom stereocenters. The first-order chi connectivity index (χ1) is 14.1. The average Bonchev–Trinajstić information content (AvgIpc) is 3.35. The topological polar surface area (TPSA) is 72.6 Å². The normalized spacial score (nSPS) is 15.7. The zero-order chi connectivity index (χ0) is 20.1. The van der Waals surface area contributed by atoms with Gasteiger partial charge in [0.2, 0.25) is 5.76 Å². The van der Waals surface area contributed by atoms with Crippen molar-refractivity contribution in [2.45, 2.75) is 6.04 Å². The third-order valence-electron chi connectivity index (χ3n) is 4.89. The number of amides is 1. The number of fused-ring (bicyclic) bond motifs is 2. The number of methoxy groups -OCH3 is 1. The van der Waals surface area contributed by atoms with Gasteiger partial charge in [0.15, 0.2) is 10.6 Å². The van der Waals surface area contributed by atoms with Gasteiger partial charge in [-0.25, -0.2) is 4.98 Å². The minimum Gasteiger partial charge on any atom is -0.497 e. The number of thiazole rings is 1. The highest BCUT2D eigenvalue weighted by Gasteiger charge is 2.44. The van der Waals surface area contributed by atoms with Crippen molar-refractivity contribution in [1.82, 2.24) is 4.98 Å². The highest BCUT2D eigenvalue weighted by molar-refractivity contribution is 7.13. The number of anilines is 1. The summed E-state index contributed by atoms with van der Waals surface area (Å²) < 4.78 is 11.1. The fraction of sp³-hybridized carbons (Fsp3) is 0.0952. The van der Waals surface area contributed by atoms with Crippen LogP contribution in [0.2, 0.25) is 5.02 Å².